The molecule has 0 amide bonds. The van der Waals surface area contributed by atoms with Crippen LogP contribution in [0.5, 0.6) is 0 Å². The summed E-state index contributed by atoms with van der Waals surface area (Å²) in [6, 6.07) is 1.88. The molecule has 0 atom stereocenters. The Balaban J connectivity index is 2.63. The molecule has 3 heteroatoms. The van der Waals surface area contributed by atoms with E-state index in [0.29, 0.717) is 0 Å². The molecular weight excluding hydrogens is 176 g/mol. The van der Waals surface area contributed by atoms with E-state index >= 15 is 0 Å². The summed E-state index contributed by atoms with van der Waals surface area (Å²) in [4.78, 5) is 13.7. The number of aryl methyl sites for hydroxylation is 1. The lowest BCUT2D eigenvalue weighted by Gasteiger charge is -1.95. The van der Waals surface area contributed by atoms with Crippen LogP contribution < -0.4 is 10.9 Å². The quantitative estimate of drug-likeness (QED) is 0.706. The second-order valence-corrected chi connectivity index (χ2v) is 3.24. The van der Waals surface area contributed by atoms with Gasteiger partial charge in [-0.05, 0) is 38.6 Å². The zero-order valence-electron chi connectivity index (χ0n) is 8.63. The lowest BCUT2D eigenvalue weighted by atomic mass is 10.2. The fourth-order valence-electron chi connectivity index (χ4n) is 1.16. The number of pyridine rings is 1. The third-order valence-electron chi connectivity index (χ3n) is 1.98. The fourth-order valence-corrected chi connectivity index (χ4v) is 1.16. The van der Waals surface area contributed by atoms with Crippen LogP contribution in [0.2, 0.25) is 0 Å². The standard InChI is InChI=1S/C11H16N2O/c1-9-7-10(8-13-11(9)14)5-3-4-6-12-2/h3,5,7-8,12H,4,6H2,1-2H3,(H,13,14). The number of H-pyrrole nitrogens is 1. The topological polar surface area (TPSA) is 44.9 Å². The monoisotopic (exact) mass is 192 g/mol. The first kappa shape index (κ1) is 10.7. The van der Waals surface area contributed by atoms with Crippen molar-refractivity contribution in [2.45, 2.75) is 13.3 Å². The predicted molar refractivity (Wildman–Crippen MR) is 59.4 cm³/mol. The van der Waals surface area contributed by atoms with E-state index in [1.54, 1.807) is 6.20 Å². The van der Waals surface area contributed by atoms with Gasteiger partial charge in [-0.2, -0.15) is 0 Å². The van der Waals surface area contributed by atoms with E-state index in [9.17, 15) is 4.79 Å². The highest BCUT2D eigenvalue weighted by Gasteiger charge is 1.92. The van der Waals surface area contributed by atoms with Gasteiger partial charge in [-0.3, -0.25) is 4.79 Å². The maximum Gasteiger partial charge on any atom is 0.250 e. The normalized spacial score (nSPS) is 11.0. The molecule has 0 spiro atoms. The molecule has 0 saturated carbocycles. The van der Waals surface area contributed by atoms with Crippen molar-refractivity contribution in [1.82, 2.24) is 10.3 Å². The number of rotatable bonds is 4. The molecule has 1 rings (SSSR count). The van der Waals surface area contributed by atoms with Crippen LogP contribution in [0.4, 0.5) is 0 Å². The van der Waals surface area contributed by atoms with Crippen molar-refractivity contribution in [2.24, 2.45) is 0 Å². The highest BCUT2D eigenvalue weighted by atomic mass is 16.1. The second kappa shape index (κ2) is 5.40. The van der Waals surface area contributed by atoms with Crippen molar-refractivity contribution >= 4 is 6.08 Å². The predicted octanol–water partition coefficient (Wildman–Crippen LogP) is 1.31. The molecule has 0 fully saturated rings. The Labute approximate surface area is 83.9 Å². The molecule has 0 unspecified atom stereocenters. The molecule has 1 aromatic heterocycles. The maximum absolute atomic E-state index is 11.1. The van der Waals surface area contributed by atoms with Gasteiger partial charge in [0.25, 0.3) is 5.56 Å². The Morgan fingerprint density at radius 1 is 1.57 bits per heavy atom. The Hall–Kier alpha value is -1.35. The van der Waals surface area contributed by atoms with E-state index in [0.717, 1.165) is 24.1 Å². The smallest absolute Gasteiger partial charge is 0.250 e. The molecule has 0 saturated heterocycles. The van der Waals surface area contributed by atoms with Crippen LogP contribution in [-0.4, -0.2) is 18.6 Å². The van der Waals surface area contributed by atoms with E-state index in [1.807, 2.05) is 26.1 Å². The molecule has 1 aromatic rings. The Bertz CT molecular complexity index is 366. The largest absolute Gasteiger partial charge is 0.328 e. The molecule has 3 nitrogen and oxygen atoms in total. The van der Waals surface area contributed by atoms with Gasteiger partial charge in [0.1, 0.15) is 0 Å². The summed E-state index contributed by atoms with van der Waals surface area (Å²) in [5, 5.41) is 3.07. The first-order chi connectivity index (χ1) is 6.74. The third-order valence-corrected chi connectivity index (χ3v) is 1.98. The minimum atomic E-state index is -0.0163. The van der Waals surface area contributed by atoms with E-state index in [1.165, 1.54) is 0 Å². The summed E-state index contributed by atoms with van der Waals surface area (Å²) < 4.78 is 0. The number of aromatic amines is 1. The van der Waals surface area contributed by atoms with Crippen molar-refractivity contribution < 1.29 is 0 Å². The lowest BCUT2D eigenvalue weighted by molar-refractivity contribution is 0.809. The van der Waals surface area contributed by atoms with Gasteiger partial charge in [0.2, 0.25) is 0 Å². The van der Waals surface area contributed by atoms with Gasteiger partial charge in [0.05, 0.1) is 0 Å². The van der Waals surface area contributed by atoms with Crippen molar-refractivity contribution in [3.05, 3.63) is 39.8 Å². The Morgan fingerprint density at radius 3 is 3.00 bits per heavy atom. The van der Waals surface area contributed by atoms with Gasteiger partial charge in [0.15, 0.2) is 0 Å². The van der Waals surface area contributed by atoms with Gasteiger partial charge in [-0.25, -0.2) is 0 Å². The summed E-state index contributed by atoms with van der Waals surface area (Å²) in [6.07, 6.45) is 6.82. The summed E-state index contributed by atoms with van der Waals surface area (Å²) >= 11 is 0. The average molecular weight is 192 g/mol. The maximum atomic E-state index is 11.1. The van der Waals surface area contributed by atoms with Crippen LogP contribution in [0.25, 0.3) is 6.08 Å². The number of hydrogen-bond acceptors (Lipinski definition) is 2. The molecule has 0 aliphatic rings. The highest BCUT2D eigenvalue weighted by molar-refractivity contribution is 5.48. The zero-order chi connectivity index (χ0) is 10.4. The van der Waals surface area contributed by atoms with Gasteiger partial charge in [-0.1, -0.05) is 12.2 Å². The van der Waals surface area contributed by atoms with Crippen LogP contribution in [0, 0.1) is 6.92 Å². The van der Waals surface area contributed by atoms with E-state index in [4.69, 9.17) is 0 Å². The number of aromatic nitrogens is 1. The summed E-state index contributed by atoms with van der Waals surface area (Å²) in [5.74, 6) is 0. The first-order valence-electron chi connectivity index (χ1n) is 4.74. The van der Waals surface area contributed by atoms with Crippen LogP contribution in [0.3, 0.4) is 0 Å². The van der Waals surface area contributed by atoms with Crippen LogP contribution >= 0.6 is 0 Å². The molecule has 14 heavy (non-hydrogen) atoms. The minimum Gasteiger partial charge on any atom is -0.328 e. The Kier molecular flexibility index (Phi) is 4.13. The average Bonchev–Trinajstić information content (AvgIpc) is 2.18. The molecule has 0 bridgehead atoms. The molecule has 0 aliphatic carbocycles. The zero-order valence-corrected chi connectivity index (χ0v) is 8.63. The Morgan fingerprint density at radius 2 is 2.36 bits per heavy atom. The molecule has 1 heterocycles. The number of hydrogen-bond donors (Lipinski definition) is 2. The fraction of sp³-hybridized carbons (Fsp3) is 0.364. The van der Waals surface area contributed by atoms with Crippen molar-refractivity contribution in [1.29, 1.82) is 0 Å². The summed E-state index contributed by atoms with van der Waals surface area (Å²) in [6.45, 7) is 2.78. The summed E-state index contributed by atoms with van der Waals surface area (Å²) in [7, 11) is 1.93. The molecular formula is C11H16N2O. The van der Waals surface area contributed by atoms with E-state index < -0.39 is 0 Å². The van der Waals surface area contributed by atoms with E-state index in [2.05, 4.69) is 16.4 Å². The van der Waals surface area contributed by atoms with Crippen molar-refractivity contribution in [3.8, 4) is 0 Å². The third kappa shape index (κ3) is 3.18. The second-order valence-electron chi connectivity index (χ2n) is 3.24. The molecule has 0 aromatic carbocycles. The SMILES string of the molecule is CNCCC=Cc1c[nH]c(=O)c(C)c1. The van der Waals surface area contributed by atoms with Gasteiger partial charge in [0, 0.05) is 11.8 Å². The first-order valence-corrected chi connectivity index (χ1v) is 4.74. The van der Waals surface area contributed by atoms with Gasteiger partial charge in [-0.15, -0.1) is 0 Å². The highest BCUT2D eigenvalue weighted by Crippen LogP contribution is 2.00. The van der Waals surface area contributed by atoms with Crippen molar-refractivity contribution in [2.75, 3.05) is 13.6 Å². The van der Waals surface area contributed by atoms with Crippen molar-refractivity contribution in [3.63, 3.8) is 0 Å². The van der Waals surface area contributed by atoms with Crippen LogP contribution in [-0.2, 0) is 0 Å². The van der Waals surface area contributed by atoms with Crippen LogP contribution in [0.15, 0.2) is 23.1 Å². The van der Waals surface area contributed by atoms with Gasteiger partial charge >= 0.3 is 0 Å². The lowest BCUT2D eigenvalue weighted by Crippen LogP contribution is -2.08. The summed E-state index contributed by atoms with van der Waals surface area (Å²) in [5.41, 5.74) is 1.77. The van der Waals surface area contributed by atoms with E-state index in [-0.39, 0.29) is 5.56 Å². The molecule has 76 valence electrons. The van der Waals surface area contributed by atoms with Gasteiger partial charge < -0.3 is 10.3 Å². The molecule has 0 radical (unpaired) electrons. The van der Waals surface area contributed by atoms with Crippen LogP contribution in [0.1, 0.15) is 17.5 Å². The minimum absolute atomic E-state index is 0.0163. The molecule has 2 N–H and O–H groups in total. The molecule has 0 aliphatic heterocycles. The number of nitrogens with one attached hydrogen (secondary N) is 2.